The second-order valence-corrected chi connectivity index (χ2v) is 6.89. The molecule has 0 aliphatic rings. The molecule has 3 aromatic rings. The molecule has 0 aliphatic heterocycles. The topological polar surface area (TPSA) is 52.8 Å². The molecule has 2 heterocycles. The van der Waals surface area contributed by atoms with Crippen molar-refractivity contribution in [3.63, 3.8) is 0 Å². The van der Waals surface area contributed by atoms with Gasteiger partial charge in [-0.1, -0.05) is 27.7 Å². The van der Waals surface area contributed by atoms with Crippen LogP contribution in [0, 0.1) is 0 Å². The fraction of sp³-hybridized carbons (Fsp3) is 0.235. The lowest BCUT2D eigenvalue weighted by molar-refractivity contribution is 0.411. The maximum Gasteiger partial charge on any atom is 0.191 e. The monoisotopic (exact) mass is 404 g/mol. The number of halogens is 1. The zero-order chi connectivity index (χ0) is 16.9. The number of benzene rings is 1. The molecule has 0 atom stereocenters. The Labute approximate surface area is 153 Å². The number of hydrogen-bond donors (Lipinski definition) is 0. The fourth-order valence-electron chi connectivity index (χ4n) is 2.40. The van der Waals surface area contributed by atoms with E-state index >= 15 is 0 Å². The molecular weight excluding hydrogens is 388 g/mol. The number of methoxy groups -OCH3 is 1. The van der Waals surface area contributed by atoms with Crippen LogP contribution >= 0.6 is 27.7 Å². The van der Waals surface area contributed by atoms with Crippen molar-refractivity contribution in [1.29, 1.82) is 0 Å². The van der Waals surface area contributed by atoms with Crippen LogP contribution in [0.1, 0.15) is 12.5 Å². The molecular formula is C17H17BrN4OS. The molecule has 0 unspecified atom stereocenters. The van der Waals surface area contributed by atoms with Crippen LogP contribution in [0.4, 0.5) is 0 Å². The number of aromatic nitrogens is 4. The maximum atomic E-state index is 5.44. The van der Waals surface area contributed by atoms with Crippen LogP contribution in [0.25, 0.3) is 11.4 Å². The minimum absolute atomic E-state index is 0.761. The highest BCUT2D eigenvalue weighted by Gasteiger charge is 2.14. The molecule has 5 nitrogen and oxygen atoms in total. The second kappa shape index (κ2) is 7.81. The van der Waals surface area contributed by atoms with Crippen molar-refractivity contribution in [2.75, 3.05) is 7.11 Å². The van der Waals surface area contributed by atoms with E-state index in [-0.39, 0.29) is 0 Å². The van der Waals surface area contributed by atoms with E-state index < -0.39 is 0 Å². The Hall–Kier alpha value is -1.86. The van der Waals surface area contributed by atoms with Gasteiger partial charge in [-0.25, -0.2) is 0 Å². The van der Waals surface area contributed by atoms with Gasteiger partial charge in [0.1, 0.15) is 5.75 Å². The van der Waals surface area contributed by atoms with Crippen molar-refractivity contribution in [1.82, 2.24) is 19.7 Å². The Morgan fingerprint density at radius 2 is 1.96 bits per heavy atom. The van der Waals surface area contributed by atoms with Crippen molar-refractivity contribution >= 4 is 27.7 Å². The van der Waals surface area contributed by atoms with Gasteiger partial charge in [-0.05, 0) is 37.3 Å². The minimum atomic E-state index is 0.761. The van der Waals surface area contributed by atoms with Crippen molar-refractivity contribution in [3.05, 3.63) is 52.8 Å². The number of nitrogens with zero attached hydrogens (tertiary/aromatic N) is 4. The Morgan fingerprint density at radius 1 is 1.17 bits per heavy atom. The highest BCUT2D eigenvalue weighted by atomic mass is 79.9. The highest BCUT2D eigenvalue weighted by Crippen LogP contribution is 2.31. The third-order valence-electron chi connectivity index (χ3n) is 3.57. The molecule has 2 aromatic heterocycles. The van der Waals surface area contributed by atoms with E-state index in [9.17, 15) is 0 Å². The summed E-state index contributed by atoms with van der Waals surface area (Å²) < 4.78 is 8.59. The van der Waals surface area contributed by atoms with E-state index in [1.54, 1.807) is 31.3 Å². The Morgan fingerprint density at radius 3 is 2.67 bits per heavy atom. The largest absolute Gasteiger partial charge is 0.496 e. The summed E-state index contributed by atoms with van der Waals surface area (Å²) in [5, 5.41) is 9.61. The lowest BCUT2D eigenvalue weighted by atomic mass is 10.2. The molecule has 0 N–H and O–H groups in total. The first-order chi connectivity index (χ1) is 11.7. The number of hydrogen-bond acceptors (Lipinski definition) is 5. The molecule has 0 amide bonds. The van der Waals surface area contributed by atoms with E-state index in [2.05, 4.69) is 48.7 Å². The van der Waals surface area contributed by atoms with Gasteiger partial charge < -0.3 is 9.30 Å². The number of ether oxygens (including phenoxy) is 1. The van der Waals surface area contributed by atoms with Gasteiger partial charge in [0.2, 0.25) is 0 Å². The summed E-state index contributed by atoms with van der Waals surface area (Å²) >= 11 is 5.16. The molecule has 3 rings (SSSR count). The fourth-order valence-corrected chi connectivity index (χ4v) is 3.79. The van der Waals surface area contributed by atoms with Gasteiger partial charge in [0.05, 0.1) is 7.11 Å². The predicted octanol–water partition coefficient (Wildman–Crippen LogP) is 4.42. The zero-order valence-corrected chi connectivity index (χ0v) is 15.8. The van der Waals surface area contributed by atoms with Gasteiger partial charge in [0, 0.05) is 40.3 Å². The van der Waals surface area contributed by atoms with E-state index in [1.807, 2.05) is 24.3 Å². The smallest absolute Gasteiger partial charge is 0.191 e. The van der Waals surface area contributed by atoms with Crippen molar-refractivity contribution in [3.8, 4) is 17.1 Å². The van der Waals surface area contributed by atoms with Crippen LogP contribution in [0.15, 0.2) is 52.4 Å². The summed E-state index contributed by atoms with van der Waals surface area (Å²) in [5.74, 6) is 2.50. The molecule has 7 heteroatoms. The minimum Gasteiger partial charge on any atom is -0.496 e. The van der Waals surface area contributed by atoms with Gasteiger partial charge in [0.15, 0.2) is 11.0 Å². The normalized spacial score (nSPS) is 10.8. The Bertz CT molecular complexity index is 823. The molecule has 124 valence electrons. The quantitative estimate of drug-likeness (QED) is 0.568. The van der Waals surface area contributed by atoms with Crippen LogP contribution < -0.4 is 4.74 Å². The maximum absolute atomic E-state index is 5.44. The van der Waals surface area contributed by atoms with Crippen LogP contribution in [0.2, 0.25) is 0 Å². The number of rotatable bonds is 6. The summed E-state index contributed by atoms with van der Waals surface area (Å²) in [7, 11) is 1.69. The predicted molar refractivity (Wildman–Crippen MR) is 99.2 cm³/mol. The van der Waals surface area contributed by atoms with E-state index in [1.165, 1.54) is 0 Å². The Kier molecular flexibility index (Phi) is 5.52. The van der Waals surface area contributed by atoms with Crippen molar-refractivity contribution < 1.29 is 4.74 Å². The average molecular weight is 405 g/mol. The molecule has 0 saturated carbocycles. The molecule has 0 saturated heterocycles. The van der Waals surface area contributed by atoms with Gasteiger partial charge >= 0.3 is 0 Å². The standard InChI is InChI=1S/C17H17BrN4OS/c1-3-22-16(12-6-8-19-9-7-12)20-21-17(22)24-11-13-10-14(18)4-5-15(13)23-2/h4-10H,3,11H2,1-2H3. The van der Waals surface area contributed by atoms with Gasteiger partial charge in [-0.15, -0.1) is 10.2 Å². The van der Waals surface area contributed by atoms with Gasteiger partial charge in [-0.3, -0.25) is 4.98 Å². The second-order valence-electron chi connectivity index (χ2n) is 5.03. The van der Waals surface area contributed by atoms with E-state index in [0.717, 1.165) is 44.6 Å². The van der Waals surface area contributed by atoms with E-state index in [0.29, 0.717) is 0 Å². The highest BCUT2D eigenvalue weighted by molar-refractivity contribution is 9.10. The van der Waals surface area contributed by atoms with Crippen molar-refractivity contribution in [2.45, 2.75) is 24.4 Å². The molecule has 0 spiro atoms. The third kappa shape index (κ3) is 3.62. The van der Waals surface area contributed by atoms with Crippen LogP contribution in [-0.4, -0.2) is 26.9 Å². The average Bonchev–Trinajstić information content (AvgIpc) is 3.03. The third-order valence-corrected chi connectivity index (χ3v) is 5.08. The van der Waals surface area contributed by atoms with Crippen LogP contribution in [-0.2, 0) is 12.3 Å². The van der Waals surface area contributed by atoms with Crippen LogP contribution in [0.5, 0.6) is 5.75 Å². The molecule has 1 aromatic carbocycles. The summed E-state index contributed by atoms with van der Waals surface area (Å²) in [6, 6.07) is 9.90. The first kappa shape index (κ1) is 17.0. The first-order valence-corrected chi connectivity index (χ1v) is 9.29. The van der Waals surface area contributed by atoms with Gasteiger partial charge in [-0.2, -0.15) is 0 Å². The molecule has 0 aliphatic carbocycles. The van der Waals surface area contributed by atoms with Crippen molar-refractivity contribution in [2.24, 2.45) is 0 Å². The van der Waals surface area contributed by atoms with Crippen LogP contribution in [0.3, 0.4) is 0 Å². The summed E-state index contributed by atoms with van der Waals surface area (Å²) in [4.78, 5) is 4.06. The van der Waals surface area contributed by atoms with Gasteiger partial charge in [0.25, 0.3) is 0 Å². The zero-order valence-electron chi connectivity index (χ0n) is 13.4. The molecule has 0 bridgehead atoms. The Balaban J connectivity index is 1.84. The summed E-state index contributed by atoms with van der Waals surface area (Å²) in [5.41, 5.74) is 2.14. The number of thioether (sulfide) groups is 1. The number of pyridine rings is 1. The molecule has 0 fully saturated rings. The molecule has 24 heavy (non-hydrogen) atoms. The summed E-state index contributed by atoms with van der Waals surface area (Å²) in [6.45, 7) is 2.90. The lowest BCUT2D eigenvalue weighted by Gasteiger charge is -2.10. The lowest BCUT2D eigenvalue weighted by Crippen LogP contribution is -2.00. The first-order valence-electron chi connectivity index (χ1n) is 7.51. The molecule has 0 radical (unpaired) electrons. The summed E-state index contributed by atoms with van der Waals surface area (Å²) in [6.07, 6.45) is 3.53. The SMILES string of the molecule is CCn1c(SCc2cc(Br)ccc2OC)nnc1-c1ccncc1. The van der Waals surface area contributed by atoms with E-state index in [4.69, 9.17) is 4.74 Å².